The molecule has 5 nitrogen and oxygen atoms in total. The maximum atomic E-state index is 10.7. The van der Waals surface area contributed by atoms with Crippen LogP contribution in [0.2, 0.25) is 5.02 Å². The summed E-state index contributed by atoms with van der Waals surface area (Å²) in [5.41, 5.74) is 0. The van der Waals surface area contributed by atoms with Gasteiger partial charge < -0.3 is 15.2 Å². The van der Waals surface area contributed by atoms with Crippen molar-refractivity contribution in [2.75, 3.05) is 6.54 Å². The third-order valence-corrected chi connectivity index (χ3v) is 2.60. The highest BCUT2D eigenvalue weighted by atomic mass is 35.5. The molecule has 1 aromatic heterocycles. The van der Waals surface area contributed by atoms with E-state index in [1.54, 1.807) is 12.1 Å². The lowest BCUT2D eigenvalue weighted by Gasteiger charge is -2.11. The predicted molar refractivity (Wildman–Crippen MR) is 57.7 cm³/mol. The number of carboxylic acids is 1. The molecule has 2 heterocycles. The molecule has 2 N–H and O–H groups in total. The Morgan fingerprint density at radius 2 is 2.44 bits per heavy atom. The van der Waals surface area contributed by atoms with Gasteiger partial charge in [-0.05, 0) is 6.07 Å². The van der Waals surface area contributed by atoms with Gasteiger partial charge >= 0.3 is 5.97 Å². The van der Waals surface area contributed by atoms with Crippen LogP contribution in [0.5, 0.6) is 5.88 Å². The second kappa shape index (κ2) is 4.67. The molecular formula is C10H11ClN2O3. The number of hydrogen-bond donors (Lipinski definition) is 2. The van der Waals surface area contributed by atoms with E-state index in [4.69, 9.17) is 21.4 Å². The predicted octanol–water partition coefficient (Wildman–Crippen LogP) is 0.929. The lowest BCUT2D eigenvalue weighted by atomic mass is 10.2. The third-order valence-electron chi connectivity index (χ3n) is 2.38. The van der Waals surface area contributed by atoms with Crippen LogP contribution < -0.4 is 10.1 Å². The molecule has 1 fully saturated rings. The summed E-state index contributed by atoms with van der Waals surface area (Å²) in [5.74, 6) is -0.391. The van der Waals surface area contributed by atoms with Gasteiger partial charge in [-0.15, -0.1) is 0 Å². The van der Waals surface area contributed by atoms with Crippen molar-refractivity contribution in [3.8, 4) is 5.88 Å². The summed E-state index contributed by atoms with van der Waals surface area (Å²) >= 11 is 5.68. The highest BCUT2D eigenvalue weighted by molar-refractivity contribution is 6.30. The summed E-state index contributed by atoms with van der Waals surface area (Å²) in [6.07, 6.45) is 1.78. The minimum absolute atomic E-state index is 0.158. The average molecular weight is 243 g/mol. The summed E-state index contributed by atoms with van der Waals surface area (Å²) in [6, 6.07) is 2.81. The van der Waals surface area contributed by atoms with Crippen LogP contribution in [-0.4, -0.2) is 34.8 Å². The Morgan fingerprint density at radius 3 is 3.00 bits per heavy atom. The Labute approximate surface area is 97.4 Å². The lowest BCUT2D eigenvalue weighted by Crippen LogP contribution is -2.30. The van der Waals surface area contributed by atoms with Crippen LogP contribution in [0.1, 0.15) is 6.42 Å². The molecular weight excluding hydrogens is 232 g/mol. The molecule has 0 radical (unpaired) electrons. The van der Waals surface area contributed by atoms with Gasteiger partial charge in [0.25, 0.3) is 0 Å². The van der Waals surface area contributed by atoms with Crippen molar-refractivity contribution in [2.24, 2.45) is 0 Å². The zero-order valence-corrected chi connectivity index (χ0v) is 9.15. The van der Waals surface area contributed by atoms with Crippen LogP contribution in [0.15, 0.2) is 18.3 Å². The van der Waals surface area contributed by atoms with Crippen molar-refractivity contribution in [1.29, 1.82) is 0 Å². The second-order valence-electron chi connectivity index (χ2n) is 3.59. The maximum absolute atomic E-state index is 10.7. The van der Waals surface area contributed by atoms with Gasteiger partial charge in [0, 0.05) is 25.2 Å². The molecule has 1 aromatic rings. The van der Waals surface area contributed by atoms with Gasteiger partial charge in [-0.2, -0.15) is 0 Å². The lowest BCUT2D eigenvalue weighted by molar-refractivity contribution is -0.139. The van der Waals surface area contributed by atoms with E-state index in [9.17, 15) is 4.79 Å². The van der Waals surface area contributed by atoms with Crippen LogP contribution in [0.4, 0.5) is 0 Å². The number of halogens is 1. The number of aromatic nitrogens is 1. The molecule has 0 aliphatic carbocycles. The smallest absolute Gasteiger partial charge is 0.320 e. The zero-order valence-electron chi connectivity index (χ0n) is 8.39. The van der Waals surface area contributed by atoms with Gasteiger partial charge in [0.15, 0.2) is 0 Å². The Balaban J connectivity index is 1.92. The summed E-state index contributed by atoms with van der Waals surface area (Å²) in [6.45, 7) is 0.515. The van der Waals surface area contributed by atoms with Crippen molar-refractivity contribution in [1.82, 2.24) is 10.3 Å². The molecule has 86 valence electrons. The molecule has 0 spiro atoms. The van der Waals surface area contributed by atoms with Crippen molar-refractivity contribution in [3.63, 3.8) is 0 Å². The zero-order chi connectivity index (χ0) is 11.5. The number of rotatable bonds is 3. The Hall–Kier alpha value is -1.33. The fourth-order valence-electron chi connectivity index (χ4n) is 1.58. The minimum Gasteiger partial charge on any atom is -0.480 e. The molecule has 0 saturated carbocycles. The Bertz CT molecular complexity index is 382. The number of carbonyl (C=O) groups is 1. The van der Waals surface area contributed by atoms with Crippen molar-refractivity contribution >= 4 is 17.6 Å². The first kappa shape index (κ1) is 11.2. The molecule has 0 amide bonds. The van der Waals surface area contributed by atoms with E-state index >= 15 is 0 Å². The van der Waals surface area contributed by atoms with Gasteiger partial charge in [-0.25, -0.2) is 4.98 Å². The first-order valence-corrected chi connectivity index (χ1v) is 5.27. The first-order chi connectivity index (χ1) is 7.65. The molecule has 1 aliphatic heterocycles. The topological polar surface area (TPSA) is 71.5 Å². The van der Waals surface area contributed by atoms with E-state index in [-0.39, 0.29) is 6.10 Å². The first-order valence-electron chi connectivity index (χ1n) is 4.89. The van der Waals surface area contributed by atoms with E-state index in [1.807, 2.05) is 0 Å². The molecule has 0 unspecified atom stereocenters. The van der Waals surface area contributed by atoms with E-state index in [0.29, 0.717) is 23.9 Å². The number of aliphatic carboxylic acids is 1. The summed E-state index contributed by atoms with van der Waals surface area (Å²) in [7, 11) is 0. The second-order valence-corrected chi connectivity index (χ2v) is 4.03. The fraction of sp³-hybridized carbons (Fsp3) is 0.400. The van der Waals surface area contributed by atoms with Crippen LogP contribution >= 0.6 is 11.6 Å². The highest BCUT2D eigenvalue weighted by Crippen LogP contribution is 2.16. The van der Waals surface area contributed by atoms with Crippen LogP contribution in [0, 0.1) is 0 Å². The van der Waals surface area contributed by atoms with Crippen molar-refractivity contribution < 1.29 is 14.6 Å². The third kappa shape index (κ3) is 2.62. The standard InChI is InChI=1S/C10H11ClN2O3/c11-6-1-2-9(13-4-6)16-7-3-8(10(14)15)12-5-7/h1-2,4,7-8,12H,3,5H2,(H,14,15)/t7-,8-/m0/s1. The normalized spacial score (nSPS) is 24.3. The van der Waals surface area contributed by atoms with Gasteiger partial charge in [-0.3, -0.25) is 4.79 Å². The van der Waals surface area contributed by atoms with Gasteiger partial charge in [0.1, 0.15) is 12.1 Å². The number of carboxylic acid groups (broad SMARTS) is 1. The summed E-state index contributed by atoms with van der Waals surface area (Å²) in [5, 5.41) is 12.2. The molecule has 2 rings (SSSR count). The summed E-state index contributed by atoms with van der Waals surface area (Å²) in [4.78, 5) is 14.7. The number of nitrogens with zero attached hydrogens (tertiary/aromatic N) is 1. The molecule has 0 bridgehead atoms. The van der Waals surface area contributed by atoms with Crippen molar-refractivity contribution in [3.05, 3.63) is 23.4 Å². The monoisotopic (exact) mass is 242 g/mol. The number of ether oxygens (including phenoxy) is 1. The van der Waals surface area contributed by atoms with E-state index in [1.165, 1.54) is 6.20 Å². The molecule has 1 aliphatic rings. The van der Waals surface area contributed by atoms with E-state index in [0.717, 1.165) is 0 Å². The van der Waals surface area contributed by atoms with Crippen LogP contribution in [0.3, 0.4) is 0 Å². The number of hydrogen-bond acceptors (Lipinski definition) is 4. The Morgan fingerprint density at radius 1 is 1.62 bits per heavy atom. The van der Waals surface area contributed by atoms with Gasteiger partial charge in [-0.1, -0.05) is 11.6 Å². The van der Waals surface area contributed by atoms with E-state index in [2.05, 4.69) is 10.3 Å². The van der Waals surface area contributed by atoms with Crippen LogP contribution in [0.25, 0.3) is 0 Å². The highest BCUT2D eigenvalue weighted by Gasteiger charge is 2.30. The number of nitrogens with one attached hydrogen (secondary N) is 1. The average Bonchev–Trinajstić information content (AvgIpc) is 2.70. The molecule has 2 atom stereocenters. The van der Waals surface area contributed by atoms with Crippen LogP contribution in [-0.2, 0) is 4.79 Å². The molecule has 1 saturated heterocycles. The molecule has 16 heavy (non-hydrogen) atoms. The van der Waals surface area contributed by atoms with E-state index < -0.39 is 12.0 Å². The molecule has 0 aromatic carbocycles. The minimum atomic E-state index is -0.852. The molecule has 6 heteroatoms. The maximum Gasteiger partial charge on any atom is 0.320 e. The quantitative estimate of drug-likeness (QED) is 0.825. The SMILES string of the molecule is O=C(O)[C@@H]1C[C@H](Oc2ccc(Cl)cn2)CN1. The summed E-state index contributed by atoms with van der Waals surface area (Å²) < 4.78 is 5.52. The fourth-order valence-corrected chi connectivity index (χ4v) is 1.70. The Kier molecular flexibility index (Phi) is 3.26. The van der Waals surface area contributed by atoms with Gasteiger partial charge in [0.2, 0.25) is 5.88 Å². The van der Waals surface area contributed by atoms with Gasteiger partial charge in [0.05, 0.1) is 5.02 Å². The number of pyridine rings is 1. The van der Waals surface area contributed by atoms with Crippen molar-refractivity contribution in [2.45, 2.75) is 18.6 Å². The largest absolute Gasteiger partial charge is 0.480 e.